The maximum Gasteiger partial charge on any atom is 0.339 e. The largest absolute Gasteiger partial charge is 0.481 e. The highest BCUT2D eigenvalue weighted by molar-refractivity contribution is 7.44. The van der Waals surface area contributed by atoms with E-state index in [4.69, 9.17) is 10.2 Å². The highest BCUT2D eigenvalue weighted by atomic mass is 31.1. The van der Waals surface area contributed by atoms with Crippen LogP contribution < -0.4 is 0 Å². The van der Waals surface area contributed by atoms with Crippen LogP contribution >= 0.6 is 7.80 Å². The highest BCUT2D eigenvalue weighted by Gasteiger charge is 2.18. The van der Waals surface area contributed by atoms with Crippen LogP contribution in [0.3, 0.4) is 0 Å². The van der Waals surface area contributed by atoms with E-state index in [0.717, 1.165) is 0 Å². The van der Waals surface area contributed by atoms with E-state index in [1.54, 1.807) is 0 Å². The van der Waals surface area contributed by atoms with E-state index in [1.807, 2.05) is 0 Å². The topological polar surface area (TPSA) is 91.7 Å². The molecule has 2 N–H and O–H groups in total. The molecule has 0 bridgehead atoms. The molecule has 0 fully saturated rings. The lowest BCUT2D eigenvalue weighted by atomic mass is 10.5. The lowest BCUT2D eigenvalue weighted by Gasteiger charge is -1.85. The number of hydrogen-bond donors (Lipinski definition) is 2. The van der Waals surface area contributed by atoms with Gasteiger partial charge in [-0.3, -0.25) is 9.59 Å². The number of carboxylic acids is 2. The highest BCUT2D eigenvalue weighted by Crippen LogP contribution is 2.21. The Morgan fingerprint density at radius 1 is 1.00 bits per heavy atom. The minimum absolute atomic E-state index is 0.0674. The Labute approximate surface area is 70.2 Å². The van der Waals surface area contributed by atoms with Gasteiger partial charge in [0.2, 0.25) is 0 Å². The van der Waals surface area contributed by atoms with Crippen LogP contribution in [0.5, 0.6) is 0 Å². The summed E-state index contributed by atoms with van der Waals surface area (Å²) in [4.78, 5) is 20.0. The number of hydrogen-bond acceptors (Lipinski definition) is 3. The first kappa shape index (κ1) is 11.0. The number of carbonyl (C=O) groups is 2. The quantitative estimate of drug-likeness (QED) is 0.607. The molecule has 0 aliphatic rings. The second-order valence-corrected chi connectivity index (χ2v) is 4.07. The van der Waals surface area contributed by atoms with Crippen molar-refractivity contribution in [2.45, 2.75) is 12.8 Å². The zero-order valence-electron chi connectivity index (χ0n) is 6.39. The zero-order valence-corrected chi connectivity index (χ0v) is 7.29. The van der Waals surface area contributed by atoms with Crippen LogP contribution in [0.2, 0.25) is 0 Å². The molecule has 0 radical (unpaired) electrons. The van der Waals surface area contributed by atoms with Crippen molar-refractivity contribution in [2.75, 3.05) is 12.3 Å². The van der Waals surface area contributed by atoms with Crippen molar-refractivity contribution >= 4 is 19.7 Å². The lowest BCUT2D eigenvalue weighted by molar-refractivity contribution is -0.137. The van der Waals surface area contributed by atoms with Crippen molar-refractivity contribution in [3.63, 3.8) is 0 Å². The van der Waals surface area contributed by atoms with E-state index in [1.165, 1.54) is 0 Å². The Morgan fingerprint density at radius 3 is 1.58 bits per heavy atom. The van der Waals surface area contributed by atoms with Gasteiger partial charge in [0.05, 0.1) is 12.8 Å². The van der Waals surface area contributed by atoms with Gasteiger partial charge >= 0.3 is 19.7 Å². The maximum absolute atomic E-state index is 10.9. The van der Waals surface area contributed by atoms with Gasteiger partial charge in [0.25, 0.3) is 0 Å². The van der Waals surface area contributed by atoms with Crippen LogP contribution in [0.4, 0.5) is 0 Å². The van der Waals surface area contributed by atoms with Gasteiger partial charge in [0.1, 0.15) is 0 Å². The first-order valence-corrected chi connectivity index (χ1v) is 5.01. The van der Waals surface area contributed by atoms with Gasteiger partial charge < -0.3 is 10.2 Å². The van der Waals surface area contributed by atoms with Crippen LogP contribution in [0.1, 0.15) is 12.8 Å². The van der Waals surface area contributed by atoms with E-state index in [2.05, 4.69) is 0 Å². The first-order valence-electron chi connectivity index (χ1n) is 3.38. The number of aliphatic carboxylic acids is 2. The van der Waals surface area contributed by atoms with Crippen molar-refractivity contribution in [2.24, 2.45) is 0 Å². The summed E-state index contributed by atoms with van der Waals surface area (Å²) < 4.78 is 10.9. The van der Waals surface area contributed by atoms with Crippen molar-refractivity contribution < 1.29 is 24.4 Å². The summed E-state index contributed by atoms with van der Waals surface area (Å²) in [5.41, 5.74) is 0. The molecule has 0 atom stereocenters. The minimum Gasteiger partial charge on any atom is -0.481 e. The van der Waals surface area contributed by atoms with Gasteiger partial charge in [-0.15, -0.1) is 0 Å². The summed E-state index contributed by atoms with van der Waals surface area (Å²) in [7, 11) is -1.66. The Bertz CT molecular complexity index is 180. The fourth-order valence-electron chi connectivity index (χ4n) is 0.552. The van der Waals surface area contributed by atoms with Crippen LogP contribution in [0.15, 0.2) is 0 Å². The Balaban J connectivity index is 3.47. The van der Waals surface area contributed by atoms with Crippen molar-refractivity contribution in [1.82, 2.24) is 0 Å². The average Bonchev–Trinajstić information content (AvgIpc) is 1.96. The van der Waals surface area contributed by atoms with Gasteiger partial charge in [0, 0.05) is 0 Å². The smallest absolute Gasteiger partial charge is 0.339 e. The third-order valence-corrected chi connectivity index (χ3v) is 2.59. The molecule has 68 valence electrons. The Kier molecular flexibility index (Phi) is 5.21. The van der Waals surface area contributed by atoms with E-state index in [-0.39, 0.29) is 25.2 Å². The predicted octanol–water partition coefficient (Wildman–Crippen LogP) is 0.763. The van der Waals surface area contributed by atoms with Gasteiger partial charge in [-0.2, -0.15) is 0 Å². The first-order chi connectivity index (χ1) is 5.52. The summed E-state index contributed by atoms with van der Waals surface area (Å²) >= 11 is 0. The third kappa shape index (κ3) is 7.15. The molecule has 0 aromatic carbocycles. The summed E-state index contributed by atoms with van der Waals surface area (Å²) in [6.45, 7) is 0. The van der Waals surface area contributed by atoms with E-state index in [9.17, 15) is 14.2 Å². The molecule has 0 saturated carbocycles. The fraction of sp³-hybridized carbons (Fsp3) is 0.667. The number of rotatable bonds is 6. The minimum atomic E-state index is -1.66. The SMILES string of the molecule is O=C(O)CC[P+](=O)CCC(=O)O. The monoisotopic (exact) mass is 193 g/mol. The molecule has 0 aliphatic carbocycles. The second-order valence-electron chi connectivity index (χ2n) is 2.22. The number of carboxylic acid groups (broad SMARTS) is 2. The molecule has 0 amide bonds. The molecule has 6 heteroatoms. The molecule has 0 saturated heterocycles. The predicted molar refractivity (Wildman–Crippen MR) is 41.8 cm³/mol. The average molecular weight is 193 g/mol. The van der Waals surface area contributed by atoms with Crippen LogP contribution in [-0.2, 0) is 14.2 Å². The van der Waals surface area contributed by atoms with Crippen LogP contribution in [0.25, 0.3) is 0 Å². The van der Waals surface area contributed by atoms with Gasteiger partial charge in [-0.05, 0) is 0 Å². The van der Waals surface area contributed by atoms with Crippen LogP contribution in [-0.4, -0.2) is 34.5 Å². The molecule has 0 aromatic rings. The summed E-state index contributed by atoms with van der Waals surface area (Å²) in [5.74, 6) is -2.01. The Morgan fingerprint density at radius 2 is 1.33 bits per heavy atom. The van der Waals surface area contributed by atoms with E-state index in [0.29, 0.717) is 0 Å². The van der Waals surface area contributed by atoms with Gasteiger partial charge in [-0.1, -0.05) is 4.57 Å². The second kappa shape index (κ2) is 5.66. The Hall–Kier alpha value is -0.960. The fourth-order valence-corrected chi connectivity index (χ4v) is 1.66. The maximum atomic E-state index is 10.9. The zero-order chi connectivity index (χ0) is 9.56. The van der Waals surface area contributed by atoms with Gasteiger partial charge in [-0.25, -0.2) is 0 Å². The molecule has 12 heavy (non-hydrogen) atoms. The summed E-state index contributed by atoms with van der Waals surface area (Å²) in [6, 6.07) is 0. The molecular formula is C6H10O5P+. The third-order valence-electron chi connectivity index (χ3n) is 1.15. The van der Waals surface area contributed by atoms with Crippen molar-refractivity contribution in [3.8, 4) is 0 Å². The standard InChI is InChI=1S/C6H9O5P/c7-5(8)1-3-12(11)4-2-6(9)10/h1-4H2,(H-,7,8,9,10)/p+1. The van der Waals surface area contributed by atoms with Crippen molar-refractivity contribution in [3.05, 3.63) is 0 Å². The summed E-state index contributed by atoms with van der Waals surface area (Å²) in [5, 5.41) is 16.4. The molecule has 0 aliphatic heterocycles. The normalized spacial score (nSPS) is 9.33. The molecule has 5 nitrogen and oxygen atoms in total. The molecule has 0 heterocycles. The molecule has 0 spiro atoms. The molecular weight excluding hydrogens is 183 g/mol. The van der Waals surface area contributed by atoms with Crippen molar-refractivity contribution in [1.29, 1.82) is 0 Å². The van der Waals surface area contributed by atoms with Gasteiger partial charge in [0.15, 0.2) is 12.3 Å². The molecule has 0 unspecified atom stereocenters. The lowest BCUT2D eigenvalue weighted by Crippen LogP contribution is -2.00. The summed E-state index contributed by atoms with van der Waals surface area (Å²) in [6.07, 6.45) is -0.181. The van der Waals surface area contributed by atoms with E-state index >= 15 is 0 Å². The molecule has 0 aromatic heterocycles. The van der Waals surface area contributed by atoms with E-state index < -0.39 is 19.7 Å². The van der Waals surface area contributed by atoms with Crippen LogP contribution in [0, 0.1) is 0 Å². The molecule has 0 rings (SSSR count).